The van der Waals surface area contributed by atoms with Gasteiger partial charge in [0.2, 0.25) is 0 Å². The first kappa shape index (κ1) is 13.4. The highest BCUT2D eigenvalue weighted by Crippen LogP contribution is 2.24. The van der Waals surface area contributed by atoms with E-state index in [1.54, 1.807) is 0 Å². The average molecular weight is 238 g/mol. The van der Waals surface area contributed by atoms with Crippen LogP contribution in [0.3, 0.4) is 0 Å². The SMILES string of the molecule is CCC1CCCCCN1C(CC)CNC1CC1. The highest BCUT2D eigenvalue weighted by atomic mass is 15.2. The smallest absolute Gasteiger partial charge is 0.0221 e. The van der Waals surface area contributed by atoms with Gasteiger partial charge in [-0.2, -0.15) is 0 Å². The molecule has 2 unspecified atom stereocenters. The third kappa shape index (κ3) is 3.96. The van der Waals surface area contributed by atoms with Crippen LogP contribution in [0.15, 0.2) is 0 Å². The second kappa shape index (κ2) is 6.75. The lowest BCUT2D eigenvalue weighted by atomic mass is 10.0. The van der Waals surface area contributed by atoms with E-state index in [9.17, 15) is 0 Å². The highest BCUT2D eigenvalue weighted by molar-refractivity contribution is 4.86. The Bertz CT molecular complexity index is 213. The van der Waals surface area contributed by atoms with Gasteiger partial charge in [0.15, 0.2) is 0 Å². The lowest BCUT2D eigenvalue weighted by Crippen LogP contribution is -2.47. The molecule has 0 aromatic rings. The molecule has 1 saturated carbocycles. The first-order chi connectivity index (χ1) is 8.35. The Balaban J connectivity index is 1.87. The van der Waals surface area contributed by atoms with Crippen molar-refractivity contribution >= 4 is 0 Å². The van der Waals surface area contributed by atoms with Crippen molar-refractivity contribution in [3.8, 4) is 0 Å². The van der Waals surface area contributed by atoms with Crippen LogP contribution in [-0.4, -0.2) is 36.1 Å². The molecule has 2 atom stereocenters. The minimum absolute atomic E-state index is 0.777. The molecule has 17 heavy (non-hydrogen) atoms. The van der Waals surface area contributed by atoms with E-state index in [1.165, 1.54) is 64.5 Å². The number of hydrogen-bond donors (Lipinski definition) is 1. The molecule has 1 N–H and O–H groups in total. The van der Waals surface area contributed by atoms with Crippen molar-refractivity contribution < 1.29 is 0 Å². The zero-order valence-corrected chi connectivity index (χ0v) is 11.8. The van der Waals surface area contributed by atoms with Crippen LogP contribution in [-0.2, 0) is 0 Å². The summed E-state index contributed by atoms with van der Waals surface area (Å²) in [4.78, 5) is 2.82. The van der Waals surface area contributed by atoms with E-state index < -0.39 is 0 Å². The maximum atomic E-state index is 3.73. The predicted molar refractivity (Wildman–Crippen MR) is 74.4 cm³/mol. The van der Waals surface area contributed by atoms with Gasteiger partial charge in [0, 0.05) is 24.7 Å². The third-order valence-electron chi connectivity index (χ3n) is 4.55. The average Bonchev–Trinajstić information content (AvgIpc) is 3.16. The third-order valence-corrected chi connectivity index (χ3v) is 4.55. The molecule has 2 aliphatic rings. The molecular formula is C15H30N2. The first-order valence-corrected chi connectivity index (χ1v) is 7.84. The molecule has 2 nitrogen and oxygen atoms in total. The fourth-order valence-electron chi connectivity index (χ4n) is 3.21. The minimum atomic E-state index is 0.777. The fraction of sp³-hybridized carbons (Fsp3) is 1.00. The van der Waals surface area contributed by atoms with Gasteiger partial charge in [0.25, 0.3) is 0 Å². The normalized spacial score (nSPS) is 28.9. The number of likely N-dealkylation sites (tertiary alicyclic amines) is 1. The van der Waals surface area contributed by atoms with Gasteiger partial charge in [0.1, 0.15) is 0 Å². The Morgan fingerprint density at radius 1 is 1.12 bits per heavy atom. The molecule has 1 heterocycles. The molecule has 2 heteroatoms. The van der Waals surface area contributed by atoms with Crippen LogP contribution in [0.4, 0.5) is 0 Å². The summed E-state index contributed by atoms with van der Waals surface area (Å²) in [7, 11) is 0. The van der Waals surface area contributed by atoms with Gasteiger partial charge in [0.05, 0.1) is 0 Å². The van der Waals surface area contributed by atoms with Gasteiger partial charge in [-0.3, -0.25) is 4.90 Å². The van der Waals surface area contributed by atoms with Crippen LogP contribution >= 0.6 is 0 Å². The summed E-state index contributed by atoms with van der Waals surface area (Å²) in [5.74, 6) is 0. The van der Waals surface area contributed by atoms with Crippen molar-refractivity contribution in [2.45, 2.75) is 83.3 Å². The zero-order valence-electron chi connectivity index (χ0n) is 11.8. The summed E-state index contributed by atoms with van der Waals surface area (Å²) >= 11 is 0. The Kier molecular flexibility index (Phi) is 5.30. The summed E-state index contributed by atoms with van der Waals surface area (Å²) in [6, 6.07) is 2.48. The molecule has 2 rings (SSSR count). The van der Waals surface area contributed by atoms with E-state index in [0.29, 0.717) is 0 Å². The van der Waals surface area contributed by atoms with E-state index >= 15 is 0 Å². The molecule has 0 amide bonds. The zero-order chi connectivity index (χ0) is 12.1. The summed E-state index contributed by atoms with van der Waals surface area (Å²) in [6.45, 7) is 7.28. The monoisotopic (exact) mass is 238 g/mol. The van der Waals surface area contributed by atoms with Crippen molar-refractivity contribution in [3.63, 3.8) is 0 Å². The number of hydrogen-bond acceptors (Lipinski definition) is 2. The van der Waals surface area contributed by atoms with E-state index in [-0.39, 0.29) is 0 Å². The lowest BCUT2D eigenvalue weighted by Gasteiger charge is -2.36. The summed E-state index contributed by atoms with van der Waals surface area (Å²) in [5, 5.41) is 3.73. The molecule has 0 aromatic carbocycles. The van der Waals surface area contributed by atoms with Crippen molar-refractivity contribution in [2.24, 2.45) is 0 Å². The second-order valence-corrected chi connectivity index (χ2v) is 5.89. The molecule has 1 aliphatic carbocycles. The fourth-order valence-corrected chi connectivity index (χ4v) is 3.21. The Morgan fingerprint density at radius 2 is 1.94 bits per heavy atom. The molecule has 0 bridgehead atoms. The molecular weight excluding hydrogens is 208 g/mol. The van der Waals surface area contributed by atoms with Crippen LogP contribution in [0.2, 0.25) is 0 Å². The summed E-state index contributed by atoms with van der Waals surface area (Å²) < 4.78 is 0. The maximum Gasteiger partial charge on any atom is 0.0221 e. The number of nitrogens with one attached hydrogen (secondary N) is 1. The van der Waals surface area contributed by atoms with Gasteiger partial charge in [-0.15, -0.1) is 0 Å². The van der Waals surface area contributed by atoms with Crippen LogP contribution in [0.25, 0.3) is 0 Å². The predicted octanol–water partition coefficient (Wildman–Crippen LogP) is 3.17. The Labute approximate surface area is 107 Å². The Hall–Kier alpha value is -0.0800. The van der Waals surface area contributed by atoms with Gasteiger partial charge in [-0.05, 0) is 45.1 Å². The lowest BCUT2D eigenvalue weighted by molar-refractivity contribution is 0.126. The minimum Gasteiger partial charge on any atom is -0.312 e. The summed E-state index contributed by atoms with van der Waals surface area (Å²) in [6.07, 6.45) is 11.2. The van der Waals surface area contributed by atoms with Crippen LogP contribution in [0.1, 0.15) is 65.2 Å². The van der Waals surface area contributed by atoms with Gasteiger partial charge in [-0.1, -0.05) is 26.7 Å². The van der Waals surface area contributed by atoms with Crippen LogP contribution in [0, 0.1) is 0 Å². The molecule has 0 spiro atoms. The molecule has 2 fully saturated rings. The maximum absolute atomic E-state index is 3.73. The largest absolute Gasteiger partial charge is 0.312 e. The molecule has 100 valence electrons. The topological polar surface area (TPSA) is 15.3 Å². The summed E-state index contributed by atoms with van der Waals surface area (Å²) in [5.41, 5.74) is 0. The molecule has 1 saturated heterocycles. The van der Waals surface area contributed by atoms with Crippen LogP contribution in [0.5, 0.6) is 0 Å². The van der Waals surface area contributed by atoms with E-state index in [1.807, 2.05) is 0 Å². The Morgan fingerprint density at radius 3 is 2.59 bits per heavy atom. The number of nitrogens with zero attached hydrogens (tertiary/aromatic N) is 1. The standard InChI is InChI=1S/C15H30N2/c1-3-14-8-6-5-7-11-17(14)15(4-2)12-16-13-9-10-13/h13-16H,3-12H2,1-2H3. The van der Waals surface area contributed by atoms with E-state index in [2.05, 4.69) is 24.1 Å². The van der Waals surface area contributed by atoms with Crippen molar-refractivity contribution in [1.29, 1.82) is 0 Å². The highest BCUT2D eigenvalue weighted by Gasteiger charge is 2.27. The van der Waals surface area contributed by atoms with Crippen molar-refractivity contribution in [1.82, 2.24) is 10.2 Å². The van der Waals surface area contributed by atoms with Gasteiger partial charge in [-0.25, -0.2) is 0 Å². The number of rotatable bonds is 6. The molecule has 1 aliphatic heterocycles. The molecule has 0 radical (unpaired) electrons. The van der Waals surface area contributed by atoms with E-state index in [0.717, 1.165) is 18.1 Å². The quantitative estimate of drug-likeness (QED) is 0.764. The van der Waals surface area contributed by atoms with E-state index in [4.69, 9.17) is 0 Å². The van der Waals surface area contributed by atoms with Crippen molar-refractivity contribution in [2.75, 3.05) is 13.1 Å². The van der Waals surface area contributed by atoms with Crippen molar-refractivity contribution in [3.05, 3.63) is 0 Å². The van der Waals surface area contributed by atoms with Gasteiger partial charge < -0.3 is 5.32 Å². The van der Waals surface area contributed by atoms with Crippen LogP contribution < -0.4 is 5.32 Å². The molecule has 0 aromatic heterocycles. The first-order valence-electron chi connectivity index (χ1n) is 7.84. The van der Waals surface area contributed by atoms with Gasteiger partial charge >= 0.3 is 0 Å². The second-order valence-electron chi connectivity index (χ2n) is 5.89.